The van der Waals surface area contributed by atoms with E-state index in [1.165, 1.54) is 29.5 Å². The first kappa shape index (κ1) is 24.8. The second-order valence-electron chi connectivity index (χ2n) is 8.08. The molecule has 4 aromatic rings. The topological polar surface area (TPSA) is 89.8 Å². The summed E-state index contributed by atoms with van der Waals surface area (Å²) in [5.74, 6) is -0.447. The molecule has 0 unspecified atom stereocenters. The van der Waals surface area contributed by atoms with Crippen molar-refractivity contribution in [3.05, 3.63) is 88.2 Å². The van der Waals surface area contributed by atoms with E-state index in [0.29, 0.717) is 35.8 Å². The van der Waals surface area contributed by atoms with Crippen molar-refractivity contribution >= 4 is 43.2 Å². The number of hydrogen-bond acceptors (Lipinski definition) is 5. The van der Waals surface area contributed by atoms with Gasteiger partial charge in [0.1, 0.15) is 0 Å². The van der Waals surface area contributed by atoms with Crippen LogP contribution in [0.25, 0.3) is 10.2 Å². The lowest BCUT2D eigenvalue weighted by Gasteiger charge is -2.09. The van der Waals surface area contributed by atoms with E-state index < -0.39 is 15.9 Å². The third kappa shape index (κ3) is 5.70. The summed E-state index contributed by atoms with van der Waals surface area (Å²) in [5.41, 5.74) is 3.86. The third-order valence-corrected chi connectivity index (χ3v) is 8.02. The van der Waals surface area contributed by atoms with E-state index in [4.69, 9.17) is 4.74 Å². The molecule has 0 aliphatic carbocycles. The number of carbonyl (C=O) groups excluding carboxylic acids is 1. The molecule has 182 valence electrons. The summed E-state index contributed by atoms with van der Waals surface area (Å²) in [6, 6.07) is 18.6. The predicted octanol–water partition coefficient (Wildman–Crippen LogP) is 4.90. The molecule has 0 saturated carbocycles. The number of fused-ring (bicyclic) bond motifs is 1. The molecular formula is C26H27N3O4S2. The highest BCUT2D eigenvalue weighted by Gasteiger charge is 2.15. The molecule has 0 fully saturated rings. The van der Waals surface area contributed by atoms with Crippen molar-refractivity contribution < 1.29 is 17.9 Å². The summed E-state index contributed by atoms with van der Waals surface area (Å²) >= 11 is 1.46. The minimum absolute atomic E-state index is 0.146. The van der Waals surface area contributed by atoms with Gasteiger partial charge in [-0.1, -0.05) is 41.7 Å². The summed E-state index contributed by atoms with van der Waals surface area (Å²) in [5, 5.41) is 0. The Morgan fingerprint density at radius 2 is 1.83 bits per heavy atom. The van der Waals surface area contributed by atoms with Crippen LogP contribution in [0.15, 0.2) is 76.6 Å². The lowest BCUT2D eigenvalue weighted by atomic mass is 10.1. The average Bonchev–Trinajstić information content (AvgIpc) is 3.17. The fraction of sp³-hybridized carbons (Fsp3) is 0.231. The van der Waals surface area contributed by atoms with Gasteiger partial charge >= 0.3 is 0 Å². The van der Waals surface area contributed by atoms with Gasteiger partial charge in [0.2, 0.25) is 0 Å². The van der Waals surface area contributed by atoms with Crippen LogP contribution in [0.5, 0.6) is 0 Å². The molecule has 0 atom stereocenters. The molecule has 7 nitrogen and oxygen atoms in total. The number of ether oxygens (including phenoxy) is 1. The Morgan fingerprint density at radius 3 is 2.57 bits per heavy atom. The van der Waals surface area contributed by atoms with Gasteiger partial charge < -0.3 is 9.30 Å². The van der Waals surface area contributed by atoms with Crippen molar-refractivity contribution in [3.8, 4) is 0 Å². The minimum Gasteiger partial charge on any atom is -0.380 e. The first-order valence-corrected chi connectivity index (χ1v) is 13.5. The zero-order valence-electron chi connectivity index (χ0n) is 19.8. The van der Waals surface area contributed by atoms with Crippen LogP contribution in [-0.4, -0.2) is 32.1 Å². The number of nitrogens with zero attached hydrogens (tertiary/aromatic N) is 2. The Morgan fingerprint density at radius 1 is 1.06 bits per heavy atom. The standard InChI is InChI=1S/C26H27N3O4S2/c1-4-33-14-13-29-23-16-18(2)15-19(3)24(23)34-26(29)27-25(30)20-9-8-10-21(17-20)28-35(31,32)22-11-6-5-7-12-22/h5-12,15-17,28H,4,13-14H2,1-3H3. The number of rotatable bonds is 8. The van der Waals surface area contributed by atoms with E-state index in [2.05, 4.69) is 21.8 Å². The van der Waals surface area contributed by atoms with Crippen LogP contribution in [0.2, 0.25) is 0 Å². The number of aryl methyl sites for hydroxylation is 2. The molecule has 0 saturated heterocycles. The average molecular weight is 510 g/mol. The number of hydrogen-bond donors (Lipinski definition) is 1. The van der Waals surface area contributed by atoms with Crippen LogP contribution in [0.3, 0.4) is 0 Å². The zero-order valence-corrected chi connectivity index (χ0v) is 21.4. The second-order valence-corrected chi connectivity index (χ2v) is 10.7. The normalized spacial score (nSPS) is 12.3. The molecular weight excluding hydrogens is 482 g/mol. The highest BCUT2D eigenvalue weighted by atomic mass is 32.2. The molecule has 0 radical (unpaired) electrons. The fourth-order valence-corrected chi connectivity index (χ4v) is 5.97. The van der Waals surface area contributed by atoms with Crippen molar-refractivity contribution in [2.45, 2.75) is 32.2 Å². The number of carbonyl (C=O) groups is 1. The van der Waals surface area contributed by atoms with Gasteiger partial charge in [0, 0.05) is 24.4 Å². The number of nitrogens with one attached hydrogen (secondary N) is 1. The molecule has 1 N–H and O–H groups in total. The van der Waals surface area contributed by atoms with Crippen LogP contribution >= 0.6 is 11.3 Å². The molecule has 0 bridgehead atoms. The minimum atomic E-state index is -3.77. The molecule has 0 aliphatic rings. The van der Waals surface area contributed by atoms with Crippen LogP contribution in [-0.2, 0) is 21.3 Å². The van der Waals surface area contributed by atoms with Gasteiger partial charge in [0.25, 0.3) is 15.9 Å². The van der Waals surface area contributed by atoms with E-state index in [1.54, 1.807) is 36.4 Å². The lowest BCUT2D eigenvalue weighted by molar-refractivity contribution is 0.0996. The maximum Gasteiger partial charge on any atom is 0.279 e. The monoisotopic (exact) mass is 509 g/mol. The molecule has 1 amide bonds. The van der Waals surface area contributed by atoms with E-state index in [1.807, 2.05) is 25.3 Å². The highest BCUT2D eigenvalue weighted by molar-refractivity contribution is 7.92. The van der Waals surface area contributed by atoms with Crippen LogP contribution in [0.4, 0.5) is 5.69 Å². The Labute approximate surface area is 208 Å². The Bertz CT molecular complexity index is 1540. The van der Waals surface area contributed by atoms with Gasteiger partial charge in [-0.05, 0) is 68.3 Å². The van der Waals surface area contributed by atoms with E-state index in [-0.39, 0.29) is 4.90 Å². The molecule has 4 rings (SSSR count). The van der Waals surface area contributed by atoms with Crippen molar-refractivity contribution in [3.63, 3.8) is 0 Å². The maximum absolute atomic E-state index is 13.1. The number of sulfonamides is 1. The van der Waals surface area contributed by atoms with Gasteiger partial charge in [-0.15, -0.1) is 0 Å². The number of benzene rings is 3. The smallest absolute Gasteiger partial charge is 0.279 e. The van der Waals surface area contributed by atoms with Crippen molar-refractivity contribution in [1.82, 2.24) is 4.57 Å². The molecule has 0 spiro atoms. The van der Waals surface area contributed by atoms with Gasteiger partial charge in [-0.25, -0.2) is 8.42 Å². The van der Waals surface area contributed by atoms with Crippen LogP contribution < -0.4 is 9.52 Å². The van der Waals surface area contributed by atoms with Crippen molar-refractivity contribution in [2.75, 3.05) is 17.9 Å². The number of anilines is 1. The van der Waals surface area contributed by atoms with E-state index in [9.17, 15) is 13.2 Å². The Hall–Kier alpha value is -3.27. The van der Waals surface area contributed by atoms with Gasteiger partial charge in [-0.3, -0.25) is 9.52 Å². The number of aromatic nitrogens is 1. The number of thiazole rings is 1. The molecule has 1 heterocycles. The third-order valence-electron chi connectivity index (χ3n) is 5.39. The summed E-state index contributed by atoms with van der Waals surface area (Å²) < 4.78 is 36.5. The van der Waals surface area contributed by atoms with Crippen molar-refractivity contribution in [2.24, 2.45) is 4.99 Å². The van der Waals surface area contributed by atoms with E-state index in [0.717, 1.165) is 21.3 Å². The van der Waals surface area contributed by atoms with Crippen molar-refractivity contribution in [1.29, 1.82) is 0 Å². The van der Waals surface area contributed by atoms with Gasteiger partial charge in [0.05, 0.1) is 21.7 Å². The first-order valence-electron chi connectivity index (χ1n) is 11.2. The van der Waals surface area contributed by atoms with E-state index >= 15 is 0 Å². The number of amides is 1. The Kier molecular flexibility index (Phi) is 7.49. The lowest BCUT2D eigenvalue weighted by Crippen LogP contribution is -2.20. The zero-order chi connectivity index (χ0) is 25.0. The maximum atomic E-state index is 13.1. The summed E-state index contributed by atoms with van der Waals surface area (Å²) in [7, 11) is -3.77. The fourth-order valence-electron chi connectivity index (χ4n) is 3.79. The first-order chi connectivity index (χ1) is 16.8. The SMILES string of the molecule is CCOCCn1c(=NC(=O)c2cccc(NS(=O)(=O)c3ccccc3)c2)sc2c(C)cc(C)cc21. The largest absolute Gasteiger partial charge is 0.380 e. The molecule has 0 aliphatic heterocycles. The molecule has 1 aromatic heterocycles. The molecule has 9 heteroatoms. The van der Waals surface area contributed by atoms with Crippen LogP contribution in [0.1, 0.15) is 28.4 Å². The highest BCUT2D eigenvalue weighted by Crippen LogP contribution is 2.24. The summed E-state index contributed by atoms with van der Waals surface area (Å²) in [6.45, 7) is 7.72. The summed E-state index contributed by atoms with van der Waals surface area (Å²) in [4.78, 5) is 18.3. The summed E-state index contributed by atoms with van der Waals surface area (Å²) in [6.07, 6.45) is 0. The Balaban J connectivity index is 1.69. The predicted molar refractivity (Wildman–Crippen MR) is 139 cm³/mol. The van der Waals surface area contributed by atoms with Crippen LogP contribution in [0, 0.1) is 13.8 Å². The van der Waals surface area contributed by atoms with Gasteiger partial charge in [0.15, 0.2) is 4.80 Å². The quantitative estimate of drug-likeness (QED) is 0.342. The molecule has 3 aromatic carbocycles. The second kappa shape index (κ2) is 10.6. The molecule has 35 heavy (non-hydrogen) atoms. The van der Waals surface area contributed by atoms with Gasteiger partial charge in [-0.2, -0.15) is 4.99 Å².